The molecule has 20 heavy (non-hydrogen) atoms. The van der Waals surface area contributed by atoms with Crippen molar-refractivity contribution in [2.75, 3.05) is 0 Å². The zero-order chi connectivity index (χ0) is 14.3. The molecule has 2 aromatic rings. The molecule has 2 aromatic carbocycles. The second kappa shape index (κ2) is 4.84. The third-order valence-electron chi connectivity index (χ3n) is 3.94. The number of nitrogens with two attached hydrogens (primary N) is 1. The Labute approximate surface area is 119 Å². The largest absolute Gasteiger partial charge is 0.507 e. The van der Waals surface area contributed by atoms with Crippen molar-refractivity contribution in [1.82, 2.24) is 0 Å². The minimum absolute atomic E-state index is 0.0145. The van der Waals surface area contributed by atoms with Crippen LogP contribution in [0.5, 0.6) is 11.5 Å². The molecule has 3 heteroatoms. The highest BCUT2D eigenvalue weighted by atomic mass is 16.5. The first kappa shape index (κ1) is 13.0. The van der Waals surface area contributed by atoms with Gasteiger partial charge in [-0.15, -0.1) is 0 Å². The lowest BCUT2D eigenvalue weighted by Gasteiger charge is -2.31. The van der Waals surface area contributed by atoms with E-state index in [0.717, 1.165) is 34.4 Å². The Kier molecular flexibility index (Phi) is 3.14. The molecule has 1 aliphatic rings. The highest BCUT2D eigenvalue weighted by Crippen LogP contribution is 2.40. The van der Waals surface area contributed by atoms with Gasteiger partial charge >= 0.3 is 0 Å². The van der Waals surface area contributed by atoms with Gasteiger partial charge in [0.05, 0.1) is 0 Å². The Morgan fingerprint density at radius 3 is 2.50 bits per heavy atom. The van der Waals surface area contributed by atoms with Gasteiger partial charge in [-0.25, -0.2) is 0 Å². The number of aromatic hydroxyl groups is 1. The van der Waals surface area contributed by atoms with Crippen molar-refractivity contribution in [3.63, 3.8) is 0 Å². The van der Waals surface area contributed by atoms with Crippen molar-refractivity contribution >= 4 is 0 Å². The number of benzene rings is 2. The van der Waals surface area contributed by atoms with Gasteiger partial charge in [0.2, 0.25) is 0 Å². The van der Waals surface area contributed by atoms with Crippen molar-refractivity contribution in [3.05, 3.63) is 58.7 Å². The number of rotatable bonds is 1. The van der Waals surface area contributed by atoms with E-state index in [1.54, 1.807) is 0 Å². The van der Waals surface area contributed by atoms with E-state index in [-0.39, 0.29) is 12.1 Å². The molecule has 1 aliphatic heterocycles. The van der Waals surface area contributed by atoms with E-state index < -0.39 is 0 Å². The Morgan fingerprint density at radius 2 is 1.80 bits per heavy atom. The third kappa shape index (κ3) is 2.14. The van der Waals surface area contributed by atoms with E-state index in [1.807, 2.05) is 50.2 Å². The quantitative estimate of drug-likeness (QED) is 0.832. The summed E-state index contributed by atoms with van der Waals surface area (Å²) in [6.45, 7) is 3.81. The van der Waals surface area contributed by atoms with Crippen LogP contribution in [0.15, 0.2) is 36.4 Å². The zero-order valence-corrected chi connectivity index (χ0v) is 11.8. The fourth-order valence-electron chi connectivity index (χ4n) is 2.83. The average molecular weight is 269 g/mol. The standard InChI is InChI=1S/C17H19NO2/c1-10-7-12(8-11(2)17(10)19)16-9-14(18)13-5-3-4-6-15(13)20-16/h3-8,14,16,19H,9,18H2,1-2H3/t14-,16?/m0/s1. The molecule has 2 atom stereocenters. The van der Waals surface area contributed by atoms with Crippen molar-refractivity contribution in [2.45, 2.75) is 32.4 Å². The lowest BCUT2D eigenvalue weighted by atomic mass is 9.92. The first-order chi connectivity index (χ1) is 9.56. The summed E-state index contributed by atoms with van der Waals surface area (Å²) in [7, 11) is 0. The number of phenolic OH excluding ortho intramolecular Hbond substituents is 1. The fraction of sp³-hybridized carbons (Fsp3) is 0.294. The van der Waals surface area contributed by atoms with Crippen LogP contribution in [0.4, 0.5) is 0 Å². The number of ether oxygens (including phenoxy) is 1. The first-order valence-corrected chi connectivity index (χ1v) is 6.87. The number of hydrogen-bond acceptors (Lipinski definition) is 3. The monoisotopic (exact) mass is 269 g/mol. The van der Waals surface area contributed by atoms with Gasteiger partial charge in [0.15, 0.2) is 0 Å². The molecule has 0 saturated carbocycles. The van der Waals surface area contributed by atoms with Crippen LogP contribution in [0.3, 0.4) is 0 Å². The van der Waals surface area contributed by atoms with E-state index in [0.29, 0.717) is 5.75 Å². The summed E-state index contributed by atoms with van der Waals surface area (Å²) < 4.78 is 6.08. The molecular weight excluding hydrogens is 250 g/mol. The van der Waals surface area contributed by atoms with Gasteiger partial charge in [0.25, 0.3) is 0 Å². The van der Waals surface area contributed by atoms with Crippen LogP contribution in [0.2, 0.25) is 0 Å². The minimum atomic E-state index is -0.0575. The lowest BCUT2D eigenvalue weighted by Crippen LogP contribution is -2.24. The highest BCUT2D eigenvalue weighted by molar-refractivity contribution is 5.44. The fourth-order valence-corrected chi connectivity index (χ4v) is 2.83. The van der Waals surface area contributed by atoms with Crippen LogP contribution in [-0.2, 0) is 0 Å². The molecule has 0 spiro atoms. The molecule has 0 amide bonds. The molecule has 0 bridgehead atoms. The molecule has 0 saturated heterocycles. The summed E-state index contributed by atoms with van der Waals surface area (Å²) in [6.07, 6.45) is 0.693. The summed E-state index contributed by atoms with van der Waals surface area (Å²) in [5.74, 6) is 1.22. The minimum Gasteiger partial charge on any atom is -0.507 e. The molecule has 104 valence electrons. The Morgan fingerprint density at radius 1 is 1.15 bits per heavy atom. The van der Waals surface area contributed by atoms with Gasteiger partial charge in [-0.05, 0) is 48.7 Å². The lowest BCUT2D eigenvalue weighted by molar-refractivity contribution is 0.161. The van der Waals surface area contributed by atoms with Gasteiger partial charge in [-0.3, -0.25) is 0 Å². The number of para-hydroxylation sites is 1. The second-order valence-corrected chi connectivity index (χ2v) is 5.49. The number of aryl methyl sites for hydroxylation is 2. The van der Waals surface area contributed by atoms with Crippen molar-refractivity contribution < 1.29 is 9.84 Å². The van der Waals surface area contributed by atoms with Crippen molar-refractivity contribution in [3.8, 4) is 11.5 Å². The molecule has 0 aromatic heterocycles. The van der Waals surface area contributed by atoms with Crippen LogP contribution >= 0.6 is 0 Å². The van der Waals surface area contributed by atoms with E-state index in [1.165, 1.54) is 0 Å². The second-order valence-electron chi connectivity index (χ2n) is 5.49. The van der Waals surface area contributed by atoms with Gasteiger partial charge in [0.1, 0.15) is 17.6 Å². The maximum Gasteiger partial charge on any atom is 0.126 e. The molecule has 1 heterocycles. The van der Waals surface area contributed by atoms with Crippen LogP contribution in [0.1, 0.15) is 40.8 Å². The number of hydrogen-bond donors (Lipinski definition) is 2. The summed E-state index contributed by atoms with van der Waals surface area (Å²) in [4.78, 5) is 0. The third-order valence-corrected chi connectivity index (χ3v) is 3.94. The molecule has 0 fully saturated rings. The Bertz CT molecular complexity index is 628. The van der Waals surface area contributed by atoms with Crippen LogP contribution < -0.4 is 10.5 Å². The Hall–Kier alpha value is -2.00. The molecule has 0 aliphatic carbocycles. The average Bonchev–Trinajstić information content (AvgIpc) is 2.44. The SMILES string of the molecule is Cc1cc(C2C[C@H](N)c3ccccc3O2)cc(C)c1O. The van der Waals surface area contributed by atoms with Gasteiger partial charge < -0.3 is 15.6 Å². The first-order valence-electron chi connectivity index (χ1n) is 6.87. The van der Waals surface area contributed by atoms with Crippen LogP contribution in [0.25, 0.3) is 0 Å². The summed E-state index contributed by atoms with van der Waals surface area (Å²) in [6, 6.07) is 11.9. The molecule has 3 rings (SSSR count). The molecule has 0 radical (unpaired) electrons. The predicted octanol–water partition coefficient (Wildman–Crippen LogP) is 3.53. The highest BCUT2D eigenvalue weighted by Gasteiger charge is 2.27. The zero-order valence-electron chi connectivity index (χ0n) is 11.8. The number of fused-ring (bicyclic) bond motifs is 1. The summed E-state index contributed by atoms with van der Waals surface area (Å²) >= 11 is 0. The molecular formula is C17H19NO2. The summed E-state index contributed by atoms with van der Waals surface area (Å²) in [5, 5.41) is 9.87. The van der Waals surface area contributed by atoms with Gasteiger partial charge in [0, 0.05) is 18.0 Å². The van der Waals surface area contributed by atoms with E-state index in [2.05, 4.69) is 0 Å². The maximum atomic E-state index is 9.87. The maximum absolute atomic E-state index is 9.87. The van der Waals surface area contributed by atoms with Gasteiger partial charge in [-0.2, -0.15) is 0 Å². The van der Waals surface area contributed by atoms with Crippen LogP contribution in [0, 0.1) is 13.8 Å². The van der Waals surface area contributed by atoms with Crippen molar-refractivity contribution in [2.24, 2.45) is 5.73 Å². The van der Waals surface area contributed by atoms with E-state index in [4.69, 9.17) is 10.5 Å². The van der Waals surface area contributed by atoms with Crippen LogP contribution in [-0.4, -0.2) is 5.11 Å². The topological polar surface area (TPSA) is 55.5 Å². The predicted molar refractivity (Wildman–Crippen MR) is 78.9 cm³/mol. The smallest absolute Gasteiger partial charge is 0.126 e. The molecule has 3 nitrogen and oxygen atoms in total. The van der Waals surface area contributed by atoms with Gasteiger partial charge in [-0.1, -0.05) is 18.2 Å². The Balaban J connectivity index is 1.98. The normalized spacial score (nSPS) is 21.1. The number of phenols is 1. The van der Waals surface area contributed by atoms with E-state index >= 15 is 0 Å². The summed E-state index contributed by atoms with van der Waals surface area (Å²) in [5.41, 5.74) is 10.1. The van der Waals surface area contributed by atoms with Crippen molar-refractivity contribution in [1.29, 1.82) is 0 Å². The molecule has 3 N–H and O–H groups in total. The van der Waals surface area contributed by atoms with E-state index in [9.17, 15) is 5.11 Å². The molecule has 1 unspecified atom stereocenters.